The van der Waals surface area contributed by atoms with Crippen LogP contribution in [0.5, 0.6) is 0 Å². The molecule has 3 heteroatoms. The summed E-state index contributed by atoms with van der Waals surface area (Å²) in [6.45, 7) is 2.16. The first-order valence-electron chi connectivity index (χ1n) is 6.53. The quantitative estimate of drug-likeness (QED) is 0.592. The first-order valence-corrected chi connectivity index (χ1v) is 6.53. The minimum absolute atomic E-state index is 0.0807. The maximum absolute atomic E-state index is 12.0. The predicted octanol–water partition coefficient (Wildman–Crippen LogP) is 2.92. The van der Waals surface area contributed by atoms with Gasteiger partial charge in [-0.15, -0.1) is 0 Å². The molecule has 1 aromatic carbocycles. The Hall–Kier alpha value is -1.64. The molecule has 0 aliphatic carbocycles. The van der Waals surface area contributed by atoms with Gasteiger partial charge >= 0.3 is 5.97 Å². The van der Waals surface area contributed by atoms with E-state index < -0.39 is 6.10 Å². The van der Waals surface area contributed by atoms with Crippen molar-refractivity contribution in [3.05, 3.63) is 35.4 Å². The Morgan fingerprint density at radius 2 is 2.06 bits per heavy atom. The lowest BCUT2D eigenvalue weighted by Crippen LogP contribution is -2.20. The van der Waals surface area contributed by atoms with E-state index in [1.165, 1.54) is 12.0 Å². The molecule has 2 rings (SSSR count). The predicted molar refractivity (Wildman–Crippen MR) is 68.5 cm³/mol. The van der Waals surface area contributed by atoms with Gasteiger partial charge in [-0.1, -0.05) is 37.6 Å². The van der Waals surface area contributed by atoms with E-state index in [4.69, 9.17) is 4.74 Å². The zero-order valence-corrected chi connectivity index (χ0v) is 10.6. The number of hydrogen-bond acceptors (Lipinski definition) is 3. The van der Waals surface area contributed by atoms with E-state index in [9.17, 15) is 9.59 Å². The zero-order chi connectivity index (χ0) is 13.0. The van der Waals surface area contributed by atoms with Crippen LogP contribution < -0.4 is 0 Å². The molecule has 1 fully saturated rings. The Kier molecular flexibility index (Phi) is 4.13. The number of carbonyl (C=O) groups is 2. The standard InChI is InChI=1S/C15H18O3/c1-2-3-4-11-5-7-12(8-6-11)15(17)13-9-10-14(16)18-13/h5-8,13H,2-4,9-10H2,1H3. The van der Waals surface area contributed by atoms with Crippen LogP contribution in [0.3, 0.4) is 0 Å². The molecule has 0 amide bonds. The molecule has 18 heavy (non-hydrogen) atoms. The molecule has 1 atom stereocenters. The number of esters is 1. The van der Waals surface area contributed by atoms with Gasteiger partial charge in [0, 0.05) is 18.4 Å². The molecule has 1 unspecified atom stereocenters. The van der Waals surface area contributed by atoms with Gasteiger partial charge in [-0.25, -0.2) is 0 Å². The Morgan fingerprint density at radius 3 is 2.61 bits per heavy atom. The van der Waals surface area contributed by atoms with Gasteiger partial charge in [0.15, 0.2) is 6.10 Å². The highest BCUT2D eigenvalue weighted by atomic mass is 16.6. The summed E-state index contributed by atoms with van der Waals surface area (Å²) in [6, 6.07) is 7.64. The Balaban J connectivity index is 2.00. The minimum atomic E-state index is -0.570. The van der Waals surface area contributed by atoms with Gasteiger partial charge in [0.05, 0.1) is 0 Å². The smallest absolute Gasteiger partial charge is 0.306 e. The summed E-state index contributed by atoms with van der Waals surface area (Å²) in [4.78, 5) is 23.0. The van der Waals surface area contributed by atoms with E-state index in [-0.39, 0.29) is 11.8 Å². The summed E-state index contributed by atoms with van der Waals surface area (Å²) in [5.41, 5.74) is 1.88. The van der Waals surface area contributed by atoms with E-state index in [2.05, 4.69) is 6.92 Å². The normalized spacial score (nSPS) is 18.7. The van der Waals surface area contributed by atoms with Crippen molar-refractivity contribution in [1.29, 1.82) is 0 Å². The van der Waals surface area contributed by atoms with Gasteiger partial charge in [-0.3, -0.25) is 9.59 Å². The largest absolute Gasteiger partial charge is 0.454 e. The third-order valence-electron chi connectivity index (χ3n) is 3.23. The first kappa shape index (κ1) is 12.8. The molecule has 96 valence electrons. The molecule has 1 aliphatic rings. The van der Waals surface area contributed by atoms with Gasteiger partial charge < -0.3 is 4.74 Å². The van der Waals surface area contributed by atoms with Crippen molar-refractivity contribution < 1.29 is 14.3 Å². The van der Waals surface area contributed by atoms with E-state index in [1.54, 1.807) is 0 Å². The second-order valence-electron chi connectivity index (χ2n) is 4.68. The first-order chi connectivity index (χ1) is 8.70. The molecule has 0 N–H and O–H groups in total. The number of unbranched alkanes of at least 4 members (excludes halogenated alkanes) is 1. The zero-order valence-electron chi connectivity index (χ0n) is 10.6. The second kappa shape index (κ2) is 5.80. The minimum Gasteiger partial charge on any atom is -0.454 e. The number of cyclic esters (lactones) is 1. The Bertz CT molecular complexity index is 434. The number of Topliss-reactive ketones (excluding diaryl/α,β-unsaturated/α-hetero) is 1. The SMILES string of the molecule is CCCCc1ccc(C(=O)C2CCC(=O)O2)cc1. The van der Waals surface area contributed by atoms with Gasteiger partial charge in [0.1, 0.15) is 0 Å². The average Bonchev–Trinajstić information content (AvgIpc) is 2.83. The molecule has 0 saturated carbocycles. The van der Waals surface area contributed by atoms with Crippen molar-refractivity contribution in [3.8, 4) is 0 Å². The van der Waals surface area contributed by atoms with Crippen molar-refractivity contribution in [2.75, 3.05) is 0 Å². The van der Waals surface area contributed by atoms with E-state index >= 15 is 0 Å². The lowest BCUT2D eigenvalue weighted by molar-refractivity contribution is -0.140. The van der Waals surface area contributed by atoms with Crippen LogP contribution in [0.25, 0.3) is 0 Å². The molecule has 3 nitrogen and oxygen atoms in total. The molecule has 1 heterocycles. The van der Waals surface area contributed by atoms with Crippen LogP contribution in [-0.4, -0.2) is 17.9 Å². The van der Waals surface area contributed by atoms with E-state index in [1.807, 2.05) is 24.3 Å². The summed E-state index contributed by atoms with van der Waals surface area (Å²) < 4.78 is 4.98. The number of benzene rings is 1. The Morgan fingerprint density at radius 1 is 1.33 bits per heavy atom. The monoisotopic (exact) mass is 246 g/mol. The molecule has 1 aliphatic heterocycles. The van der Waals surface area contributed by atoms with Crippen LogP contribution >= 0.6 is 0 Å². The third kappa shape index (κ3) is 2.97. The molecule has 0 aromatic heterocycles. The van der Waals surface area contributed by atoms with E-state index in [0.29, 0.717) is 18.4 Å². The lowest BCUT2D eigenvalue weighted by atomic mass is 10.0. The Labute approximate surface area is 107 Å². The fourth-order valence-corrected chi connectivity index (χ4v) is 2.11. The number of ketones is 1. The number of ether oxygens (including phenoxy) is 1. The van der Waals surface area contributed by atoms with Crippen LogP contribution in [0.2, 0.25) is 0 Å². The topological polar surface area (TPSA) is 43.4 Å². The van der Waals surface area contributed by atoms with Crippen molar-refractivity contribution in [2.45, 2.75) is 45.1 Å². The highest BCUT2D eigenvalue weighted by Gasteiger charge is 2.30. The van der Waals surface area contributed by atoms with E-state index in [0.717, 1.165) is 12.8 Å². The summed E-state index contributed by atoms with van der Waals surface area (Å²) in [5, 5.41) is 0. The number of carbonyl (C=O) groups excluding carboxylic acids is 2. The maximum Gasteiger partial charge on any atom is 0.306 e. The van der Waals surface area contributed by atoms with Crippen LogP contribution in [0.1, 0.15) is 48.5 Å². The summed E-state index contributed by atoms with van der Waals surface area (Å²) in [5.74, 6) is -0.351. The van der Waals surface area contributed by atoms with Gasteiger partial charge in [0.2, 0.25) is 5.78 Å². The number of hydrogen-bond donors (Lipinski definition) is 0. The fourth-order valence-electron chi connectivity index (χ4n) is 2.11. The molecule has 0 bridgehead atoms. The fraction of sp³-hybridized carbons (Fsp3) is 0.467. The van der Waals surface area contributed by atoms with Crippen LogP contribution in [0, 0.1) is 0 Å². The van der Waals surface area contributed by atoms with Crippen molar-refractivity contribution in [2.24, 2.45) is 0 Å². The molecular formula is C15H18O3. The number of rotatable bonds is 5. The summed E-state index contributed by atoms with van der Waals surface area (Å²) >= 11 is 0. The number of aryl methyl sites for hydroxylation is 1. The molecule has 0 radical (unpaired) electrons. The van der Waals surface area contributed by atoms with Crippen LogP contribution in [-0.2, 0) is 16.0 Å². The van der Waals surface area contributed by atoms with Gasteiger partial charge in [0.25, 0.3) is 0 Å². The lowest BCUT2D eigenvalue weighted by Gasteiger charge is -2.08. The highest BCUT2D eigenvalue weighted by molar-refractivity contribution is 6.01. The molecule has 1 aromatic rings. The van der Waals surface area contributed by atoms with Crippen LogP contribution in [0.4, 0.5) is 0 Å². The van der Waals surface area contributed by atoms with Crippen molar-refractivity contribution >= 4 is 11.8 Å². The molecule has 1 saturated heterocycles. The maximum atomic E-state index is 12.0. The second-order valence-corrected chi connectivity index (χ2v) is 4.68. The average molecular weight is 246 g/mol. The summed E-state index contributed by atoms with van der Waals surface area (Å²) in [6.07, 6.45) is 3.66. The summed E-state index contributed by atoms with van der Waals surface area (Å²) in [7, 11) is 0. The molecule has 0 spiro atoms. The van der Waals surface area contributed by atoms with Crippen LogP contribution in [0.15, 0.2) is 24.3 Å². The van der Waals surface area contributed by atoms with Gasteiger partial charge in [-0.05, 0) is 18.4 Å². The third-order valence-corrected chi connectivity index (χ3v) is 3.23. The molecular weight excluding hydrogens is 228 g/mol. The van der Waals surface area contributed by atoms with Gasteiger partial charge in [-0.2, -0.15) is 0 Å². The van der Waals surface area contributed by atoms with Crippen molar-refractivity contribution in [1.82, 2.24) is 0 Å². The van der Waals surface area contributed by atoms with Crippen molar-refractivity contribution in [3.63, 3.8) is 0 Å². The highest BCUT2D eigenvalue weighted by Crippen LogP contribution is 2.19.